The molecule has 1 aromatic carbocycles. The van der Waals surface area contributed by atoms with E-state index < -0.39 is 0 Å². The van der Waals surface area contributed by atoms with Crippen LogP contribution in [0.15, 0.2) is 18.2 Å². The molecule has 1 saturated carbocycles. The first-order valence-corrected chi connectivity index (χ1v) is 7.84. The summed E-state index contributed by atoms with van der Waals surface area (Å²) >= 11 is 6.03. The molecule has 3 nitrogen and oxygen atoms in total. The Bertz CT molecular complexity index is 476. The van der Waals surface area contributed by atoms with Crippen molar-refractivity contribution in [3.63, 3.8) is 0 Å². The molecule has 1 fully saturated rings. The van der Waals surface area contributed by atoms with Crippen molar-refractivity contribution in [2.75, 3.05) is 11.9 Å². The third kappa shape index (κ3) is 3.66. The predicted molar refractivity (Wildman–Crippen MR) is 84.5 cm³/mol. The Morgan fingerprint density at radius 3 is 2.85 bits per heavy atom. The van der Waals surface area contributed by atoms with Crippen molar-refractivity contribution in [1.82, 2.24) is 5.32 Å². The third-order valence-corrected chi connectivity index (χ3v) is 4.20. The number of hydrogen-bond donors (Lipinski definition) is 2. The van der Waals surface area contributed by atoms with Crippen LogP contribution in [-0.4, -0.2) is 18.5 Å². The highest BCUT2D eigenvalue weighted by Crippen LogP contribution is 2.26. The normalized spacial score (nSPS) is 21.8. The summed E-state index contributed by atoms with van der Waals surface area (Å²) in [6, 6.07) is 5.73. The van der Waals surface area contributed by atoms with Crippen LogP contribution in [0.25, 0.3) is 0 Å². The molecule has 0 heterocycles. The second-order valence-electron chi connectivity index (χ2n) is 5.60. The fourth-order valence-corrected chi connectivity index (χ4v) is 2.90. The molecule has 1 aromatic rings. The van der Waals surface area contributed by atoms with Crippen molar-refractivity contribution < 1.29 is 4.79 Å². The predicted octanol–water partition coefficient (Wildman–Crippen LogP) is 4.08. The van der Waals surface area contributed by atoms with Gasteiger partial charge in [-0.1, -0.05) is 31.9 Å². The lowest BCUT2D eigenvalue weighted by Crippen LogP contribution is -2.36. The zero-order chi connectivity index (χ0) is 14.5. The Kier molecular flexibility index (Phi) is 5.30. The zero-order valence-electron chi connectivity index (χ0n) is 12.2. The molecule has 4 heteroatoms. The van der Waals surface area contributed by atoms with Gasteiger partial charge in [0.1, 0.15) is 0 Å². The molecular weight excluding hydrogens is 272 g/mol. The van der Waals surface area contributed by atoms with E-state index in [0.29, 0.717) is 22.5 Å². The van der Waals surface area contributed by atoms with E-state index in [1.54, 1.807) is 6.07 Å². The molecule has 0 aromatic heterocycles. The van der Waals surface area contributed by atoms with Gasteiger partial charge in [-0.3, -0.25) is 4.79 Å². The van der Waals surface area contributed by atoms with Crippen molar-refractivity contribution in [1.29, 1.82) is 0 Å². The Balaban J connectivity index is 2.12. The standard InChI is InChI=1S/C16H23ClN2O/c1-3-9-18-15-8-7-12(17)10-13(15)16(20)19-14-6-4-5-11(14)2/h7-8,10-11,14,18H,3-6,9H2,1-2H3,(H,19,20). The molecule has 0 saturated heterocycles. The van der Waals surface area contributed by atoms with Gasteiger partial charge >= 0.3 is 0 Å². The van der Waals surface area contributed by atoms with E-state index >= 15 is 0 Å². The average Bonchev–Trinajstić information content (AvgIpc) is 2.83. The first-order chi connectivity index (χ1) is 9.61. The number of benzene rings is 1. The fourth-order valence-electron chi connectivity index (χ4n) is 2.72. The summed E-state index contributed by atoms with van der Waals surface area (Å²) in [5, 5.41) is 7.03. The van der Waals surface area contributed by atoms with E-state index in [9.17, 15) is 4.79 Å². The van der Waals surface area contributed by atoms with E-state index in [-0.39, 0.29) is 5.91 Å². The smallest absolute Gasteiger partial charge is 0.253 e. The first kappa shape index (κ1) is 15.2. The van der Waals surface area contributed by atoms with E-state index in [2.05, 4.69) is 24.5 Å². The van der Waals surface area contributed by atoms with E-state index in [4.69, 9.17) is 11.6 Å². The van der Waals surface area contributed by atoms with Gasteiger partial charge in [-0.25, -0.2) is 0 Å². The lowest BCUT2D eigenvalue weighted by atomic mass is 10.1. The quantitative estimate of drug-likeness (QED) is 0.859. The monoisotopic (exact) mass is 294 g/mol. The number of halogens is 1. The van der Waals surface area contributed by atoms with Crippen LogP contribution in [0.3, 0.4) is 0 Å². The largest absolute Gasteiger partial charge is 0.384 e. The van der Waals surface area contributed by atoms with Crippen LogP contribution in [0.1, 0.15) is 49.9 Å². The molecule has 0 aliphatic heterocycles. The summed E-state index contributed by atoms with van der Waals surface area (Å²) < 4.78 is 0. The van der Waals surface area contributed by atoms with Crippen LogP contribution >= 0.6 is 11.6 Å². The Labute approximate surface area is 126 Å². The molecule has 20 heavy (non-hydrogen) atoms. The Hall–Kier alpha value is -1.22. The van der Waals surface area contributed by atoms with Gasteiger partial charge in [0, 0.05) is 23.3 Å². The van der Waals surface area contributed by atoms with Crippen LogP contribution in [0, 0.1) is 5.92 Å². The zero-order valence-corrected chi connectivity index (χ0v) is 13.0. The molecule has 1 aliphatic rings. The van der Waals surface area contributed by atoms with Gasteiger partial charge in [0.05, 0.1) is 5.56 Å². The maximum absolute atomic E-state index is 12.5. The van der Waals surface area contributed by atoms with Gasteiger partial charge in [0.15, 0.2) is 0 Å². The van der Waals surface area contributed by atoms with E-state index in [1.807, 2.05) is 12.1 Å². The third-order valence-electron chi connectivity index (χ3n) is 3.97. The van der Waals surface area contributed by atoms with E-state index in [1.165, 1.54) is 12.8 Å². The van der Waals surface area contributed by atoms with Crippen molar-refractivity contribution in [2.45, 2.75) is 45.6 Å². The summed E-state index contributed by atoms with van der Waals surface area (Å²) in [7, 11) is 0. The molecule has 2 rings (SSSR count). The summed E-state index contributed by atoms with van der Waals surface area (Å²) in [4.78, 5) is 12.5. The SMILES string of the molecule is CCCNc1ccc(Cl)cc1C(=O)NC1CCCC1C. The molecule has 0 spiro atoms. The number of nitrogens with one attached hydrogen (secondary N) is 2. The number of carbonyl (C=O) groups is 1. The van der Waals surface area contributed by atoms with Crippen molar-refractivity contribution in [2.24, 2.45) is 5.92 Å². The second kappa shape index (κ2) is 6.98. The number of anilines is 1. The fraction of sp³-hybridized carbons (Fsp3) is 0.562. The van der Waals surface area contributed by atoms with Gasteiger partial charge < -0.3 is 10.6 Å². The molecule has 110 valence electrons. The van der Waals surface area contributed by atoms with Gasteiger partial charge in [-0.15, -0.1) is 0 Å². The molecule has 2 unspecified atom stereocenters. The minimum absolute atomic E-state index is 0.0233. The molecular formula is C16H23ClN2O. The minimum Gasteiger partial charge on any atom is -0.384 e. The first-order valence-electron chi connectivity index (χ1n) is 7.46. The van der Waals surface area contributed by atoms with Crippen LogP contribution in [-0.2, 0) is 0 Å². The highest BCUT2D eigenvalue weighted by molar-refractivity contribution is 6.31. The lowest BCUT2D eigenvalue weighted by molar-refractivity contribution is 0.0930. The molecule has 0 radical (unpaired) electrons. The number of hydrogen-bond acceptors (Lipinski definition) is 2. The lowest BCUT2D eigenvalue weighted by Gasteiger charge is -2.19. The molecule has 1 amide bonds. The molecule has 2 N–H and O–H groups in total. The Morgan fingerprint density at radius 2 is 2.20 bits per heavy atom. The summed E-state index contributed by atoms with van der Waals surface area (Å²) in [5.41, 5.74) is 1.50. The van der Waals surface area contributed by atoms with Crippen molar-refractivity contribution in [3.8, 4) is 0 Å². The van der Waals surface area contributed by atoms with Crippen LogP contribution in [0.5, 0.6) is 0 Å². The van der Waals surface area contributed by atoms with Crippen LogP contribution in [0.4, 0.5) is 5.69 Å². The summed E-state index contributed by atoms with van der Waals surface area (Å²) in [6.07, 6.45) is 4.48. The highest BCUT2D eigenvalue weighted by Gasteiger charge is 2.25. The molecule has 2 atom stereocenters. The minimum atomic E-state index is -0.0233. The average molecular weight is 295 g/mol. The Morgan fingerprint density at radius 1 is 1.40 bits per heavy atom. The van der Waals surface area contributed by atoms with Gasteiger partial charge in [-0.05, 0) is 43.4 Å². The number of rotatable bonds is 5. The van der Waals surface area contributed by atoms with Crippen LogP contribution in [0.2, 0.25) is 5.02 Å². The maximum Gasteiger partial charge on any atom is 0.253 e. The van der Waals surface area contributed by atoms with Gasteiger partial charge in [0.2, 0.25) is 0 Å². The topological polar surface area (TPSA) is 41.1 Å². The second-order valence-corrected chi connectivity index (χ2v) is 6.04. The van der Waals surface area contributed by atoms with Gasteiger partial charge in [0.25, 0.3) is 5.91 Å². The van der Waals surface area contributed by atoms with Crippen molar-refractivity contribution in [3.05, 3.63) is 28.8 Å². The molecule has 0 bridgehead atoms. The van der Waals surface area contributed by atoms with E-state index in [0.717, 1.165) is 25.1 Å². The summed E-state index contributed by atoms with van der Waals surface area (Å²) in [6.45, 7) is 5.15. The molecule has 1 aliphatic carbocycles. The maximum atomic E-state index is 12.5. The number of carbonyl (C=O) groups excluding carboxylic acids is 1. The van der Waals surface area contributed by atoms with Crippen molar-refractivity contribution >= 4 is 23.2 Å². The highest BCUT2D eigenvalue weighted by atomic mass is 35.5. The van der Waals surface area contributed by atoms with Gasteiger partial charge in [-0.2, -0.15) is 0 Å². The van der Waals surface area contributed by atoms with Crippen LogP contribution < -0.4 is 10.6 Å². The number of amides is 1. The summed E-state index contributed by atoms with van der Waals surface area (Å²) in [5.74, 6) is 0.537.